The van der Waals surface area contributed by atoms with Gasteiger partial charge in [0.1, 0.15) is 11.2 Å². The Morgan fingerprint density at radius 3 is 1.45 bits per heavy atom. The molecule has 12 nitrogen and oxygen atoms in total. The standard InChI is InChI=1S/C26H29N3O4.C10H21NO2.C5H10O2/c1-26(2,3)24(27-4)25(33)29-16-23(32)21-13-9-19(10-14-21)6-5-18-7-11-20(12-8-18)22(31)15-28-17-30;1-9(2,3)7-11-8(12)13-10(4,5)6;1-5(2,3)7-4-6/h7-14,17,24,27H,15-16H2,1-4H3,(H,28,30)(H,29,33);7H2,1-6H3,(H,11,12);4H,1-3H3. The fraction of sp³-hybridized carbons (Fsp3) is 0.512. The number of Topliss-reactive ketones (excluding diaryl/α,β-unsaturated/α-hetero) is 2. The number of alkyl carbamates (subject to hydrolysis) is 1. The second-order valence-corrected chi connectivity index (χ2v) is 16.3. The van der Waals surface area contributed by atoms with Crippen LogP contribution in [0, 0.1) is 22.7 Å². The minimum atomic E-state index is -0.415. The molecule has 1 unspecified atom stereocenters. The van der Waals surface area contributed by atoms with E-state index in [1.165, 1.54) is 0 Å². The summed E-state index contributed by atoms with van der Waals surface area (Å²) >= 11 is 0. The van der Waals surface area contributed by atoms with E-state index < -0.39 is 11.6 Å². The van der Waals surface area contributed by atoms with Crippen LogP contribution in [0.3, 0.4) is 0 Å². The fourth-order valence-electron chi connectivity index (χ4n) is 3.98. The Balaban J connectivity index is 0.00000111. The van der Waals surface area contributed by atoms with Crippen molar-refractivity contribution in [3.05, 3.63) is 70.8 Å². The SMILES string of the molecule is CC(C)(C)CNC(=O)OC(C)(C)C.CC(C)(C)OC=O.CNC(C(=O)NCC(=O)c1ccc(C#Cc2ccc(C(=O)CNC=O)cc2)cc1)C(C)(C)C. The second kappa shape index (κ2) is 22.1. The van der Waals surface area contributed by atoms with E-state index in [1.807, 2.05) is 62.3 Å². The fourth-order valence-corrected chi connectivity index (χ4v) is 3.98. The molecule has 0 saturated heterocycles. The summed E-state index contributed by atoms with van der Waals surface area (Å²) in [7, 11) is 1.72. The first-order valence-electron chi connectivity index (χ1n) is 17.3. The van der Waals surface area contributed by atoms with Crippen molar-refractivity contribution < 1.29 is 38.2 Å². The first-order chi connectivity index (χ1) is 24.3. The summed E-state index contributed by atoms with van der Waals surface area (Å²) in [6.45, 7) is 24.0. The van der Waals surface area contributed by atoms with Crippen molar-refractivity contribution in [2.75, 3.05) is 26.7 Å². The van der Waals surface area contributed by atoms with Crippen LogP contribution in [0.4, 0.5) is 4.79 Å². The highest BCUT2D eigenvalue weighted by Gasteiger charge is 2.29. The average molecular weight is 737 g/mol. The number of ketones is 2. The number of ether oxygens (including phenoxy) is 2. The van der Waals surface area contributed by atoms with Gasteiger partial charge in [-0.3, -0.25) is 24.0 Å². The van der Waals surface area contributed by atoms with E-state index in [9.17, 15) is 28.8 Å². The molecule has 0 fully saturated rings. The van der Waals surface area contributed by atoms with E-state index in [4.69, 9.17) is 4.74 Å². The maximum Gasteiger partial charge on any atom is 0.407 e. The van der Waals surface area contributed by atoms with Crippen LogP contribution >= 0.6 is 0 Å². The van der Waals surface area contributed by atoms with Gasteiger partial charge in [0.25, 0.3) is 6.47 Å². The van der Waals surface area contributed by atoms with Crippen molar-refractivity contribution in [3.63, 3.8) is 0 Å². The van der Waals surface area contributed by atoms with Gasteiger partial charge in [-0.05, 0) is 83.7 Å². The molecular formula is C41H60N4O8. The molecular weight excluding hydrogens is 676 g/mol. The van der Waals surface area contributed by atoms with Gasteiger partial charge < -0.3 is 30.7 Å². The maximum atomic E-state index is 12.4. The van der Waals surface area contributed by atoms with Crippen molar-refractivity contribution in [1.29, 1.82) is 0 Å². The lowest BCUT2D eigenvalue weighted by molar-refractivity contribution is -0.138. The first-order valence-corrected chi connectivity index (χ1v) is 17.3. The van der Waals surface area contributed by atoms with Gasteiger partial charge in [0.15, 0.2) is 11.6 Å². The summed E-state index contributed by atoms with van der Waals surface area (Å²) in [6.07, 6.45) is 0.140. The summed E-state index contributed by atoms with van der Waals surface area (Å²) < 4.78 is 9.63. The summed E-state index contributed by atoms with van der Waals surface area (Å²) in [5.41, 5.74) is 1.54. The number of hydrogen-bond donors (Lipinski definition) is 4. The number of benzene rings is 2. The van der Waals surface area contributed by atoms with Gasteiger partial charge in [-0.25, -0.2) is 4.79 Å². The maximum absolute atomic E-state index is 12.4. The molecule has 0 aliphatic heterocycles. The highest BCUT2D eigenvalue weighted by atomic mass is 16.6. The van der Waals surface area contributed by atoms with Crippen LogP contribution in [0.25, 0.3) is 0 Å². The minimum Gasteiger partial charge on any atom is -0.462 e. The van der Waals surface area contributed by atoms with E-state index >= 15 is 0 Å². The molecule has 2 aromatic rings. The van der Waals surface area contributed by atoms with Crippen molar-refractivity contribution >= 4 is 36.4 Å². The molecule has 0 aliphatic carbocycles. The molecule has 0 aromatic heterocycles. The third-order valence-corrected chi connectivity index (χ3v) is 6.51. The van der Waals surface area contributed by atoms with Crippen molar-refractivity contribution in [3.8, 4) is 11.8 Å². The van der Waals surface area contributed by atoms with E-state index in [0.717, 1.165) is 11.1 Å². The van der Waals surface area contributed by atoms with E-state index in [2.05, 4.69) is 58.6 Å². The average Bonchev–Trinajstić information content (AvgIpc) is 3.03. The minimum absolute atomic E-state index is 0.0457. The van der Waals surface area contributed by atoms with Gasteiger partial charge in [0.05, 0.1) is 19.1 Å². The molecule has 292 valence electrons. The lowest BCUT2D eigenvalue weighted by atomic mass is 9.86. The molecule has 53 heavy (non-hydrogen) atoms. The Kier molecular flexibility index (Phi) is 20.0. The van der Waals surface area contributed by atoms with Gasteiger partial charge in [0.2, 0.25) is 12.3 Å². The van der Waals surface area contributed by atoms with Crippen molar-refractivity contribution in [2.24, 2.45) is 10.8 Å². The Bertz CT molecular complexity index is 1550. The van der Waals surface area contributed by atoms with Crippen LogP contribution in [0.2, 0.25) is 0 Å². The number of carbonyl (C=O) groups excluding carboxylic acids is 6. The Morgan fingerprint density at radius 1 is 0.679 bits per heavy atom. The lowest BCUT2D eigenvalue weighted by Crippen LogP contribution is -2.51. The van der Waals surface area contributed by atoms with Crippen LogP contribution in [-0.2, 0) is 23.9 Å². The topological polar surface area (TPSA) is 169 Å². The molecule has 0 spiro atoms. The Hall–Kier alpha value is -5.02. The zero-order chi connectivity index (χ0) is 41.0. The van der Waals surface area contributed by atoms with Gasteiger partial charge in [-0.1, -0.05) is 77.6 Å². The van der Waals surface area contributed by atoms with Crippen molar-refractivity contribution in [2.45, 2.75) is 100 Å². The van der Waals surface area contributed by atoms with E-state index in [0.29, 0.717) is 30.6 Å². The first kappa shape index (κ1) is 48.0. The molecule has 0 aliphatic rings. The predicted molar refractivity (Wildman–Crippen MR) is 207 cm³/mol. The number of likely N-dealkylation sites (N-methyl/N-ethyl adjacent to an activating group) is 1. The summed E-state index contributed by atoms with van der Waals surface area (Å²) in [6, 6.07) is 13.2. The molecule has 2 rings (SSSR count). The quantitative estimate of drug-likeness (QED) is 0.133. The molecule has 0 saturated carbocycles. The van der Waals surface area contributed by atoms with Crippen LogP contribution in [-0.4, -0.2) is 80.4 Å². The molecule has 0 radical (unpaired) electrons. The third kappa shape index (κ3) is 23.2. The predicted octanol–water partition coefficient (Wildman–Crippen LogP) is 5.46. The summed E-state index contributed by atoms with van der Waals surface area (Å²) in [5, 5.41) is 10.7. The Labute approximate surface area is 315 Å². The highest BCUT2D eigenvalue weighted by Crippen LogP contribution is 2.19. The highest BCUT2D eigenvalue weighted by molar-refractivity contribution is 6.00. The van der Waals surface area contributed by atoms with Gasteiger partial charge >= 0.3 is 6.09 Å². The van der Waals surface area contributed by atoms with Crippen LogP contribution in [0.1, 0.15) is 115 Å². The zero-order valence-corrected chi connectivity index (χ0v) is 33.7. The molecule has 4 N–H and O–H groups in total. The molecule has 0 bridgehead atoms. The molecule has 2 aromatic carbocycles. The molecule has 0 heterocycles. The van der Waals surface area contributed by atoms with Crippen LogP contribution in [0.15, 0.2) is 48.5 Å². The molecule has 12 heteroatoms. The van der Waals surface area contributed by atoms with Gasteiger partial charge in [0, 0.05) is 28.8 Å². The van der Waals surface area contributed by atoms with Gasteiger partial charge in [-0.2, -0.15) is 0 Å². The molecule has 3 amide bonds. The largest absolute Gasteiger partial charge is 0.462 e. The number of nitrogens with one attached hydrogen (secondary N) is 4. The van der Waals surface area contributed by atoms with Crippen LogP contribution < -0.4 is 21.3 Å². The van der Waals surface area contributed by atoms with Gasteiger partial charge in [-0.15, -0.1) is 0 Å². The number of amides is 3. The van der Waals surface area contributed by atoms with E-state index in [-0.39, 0.29) is 53.1 Å². The van der Waals surface area contributed by atoms with Crippen molar-refractivity contribution in [1.82, 2.24) is 21.3 Å². The normalized spacial score (nSPS) is 11.6. The van der Waals surface area contributed by atoms with E-state index in [1.54, 1.807) is 55.6 Å². The zero-order valence-electron chi connectivity index (χ0n) is 33.7. The molecule has 1 atom stereocenters. The number of hydrogen-bond acceptors (Lipinski definition) is 9. The number of rotatable bonds is 11. The van der Waals surface area contributed by atoms with Crippen LogP contribution in [0.5, 0.6) is 0 Å². The third-order valence-electron chi connectivity index (χ3n) is 6.51. The Morgan fingerprint density at radius 2 is 1.13 bits per heavy atom. The summed E-state index contributed by atoms with van der Waals surface area (Å²) in [4.78, 5) is 67.7. The summed E-state index contributed by atoms with van der Waals surface area (Å²) in [5.74, 6) is 5.45. The second-order valence-electron chi connectivity index (χ2n) is 16.3. The smallest absolute Gasteiger partial charge is 0.407 e. The monoisotopic (exact) mass is 736 g/mol. The lowest BCUT2D eigenvalue weighted by Gasteiger charge is -2.29. The number of carbonyl (C=O) groups is 6.